The molecule has 0 saturated heterocycles. The minimum Gasteiger partial charge on any atom is -0.466 e. The molecule has 14 rings (SSSR count). The van der Waals surface area contributed by atoms with E-state index in [0.29, 0.717) is 0 Å². The molecular weight excluding hydrogens is 896 g/mol. The highest BCUT2D eigenvalue weighted by molar-refractivity contribution is 7.26. The highest BCUT2D eigenvalue weighted by Gasteiger charge is 2.51. The highest BCUT2D eigenvalue weighted by atomic mass is 32.1. The van der Waals surface area contributed by atoms with Crippen LogP contribution < -0.4 is 20.8 Å². The molecule has 0 fully saturated rings. The average Bonchev–Trinajstić information content (AvgIpc) is 4.06. The Kier molecular flexibility index (Phi) is 8.99. The van der Waals surface area contributed by atoms with Crippen LogP contribution in [-0.4, -0.2) is 6.85 Å². The molecule has 0 N–H and O–H groups in total. The van der Waals surface area contributed by atoms with E-state index in [0.717, 1.165) is 74.2 Å². The van der Waals surface area contributed by atoms with Crippen LogP contribution in [0.25, 0.3) is 75.3 Å². The number of anilines is 5. The van der Waals surface area contributed by atoms with Gasteiger partial charge in [0.15, 0.2) is 0 Å². The molecule has 3 aromatic heterocycles. The summed E-state index contributed by atoms with van der Waals surface area (Å²) in [6.45, 7) is 23.2. The van der Waals surface area contributed by atoms with E-state index >= 15 is 0 Å². The molecule has 1 aliphatic carbocycles. The molecule has 72 heavy (non-hydrogen) atoms. The fourth-order valence-corrected chi connectivity index (χ4v) is 13.9. The summed E-state index contributed by atoms with van der Waals surface area (Å²) >= 11 is 1.88. The molecule has 8 aromatic carbocycles. The fraction of sp³-hybridized carbons (Fsp3) is 0.242. The molecule has 3 aliphatic rings. The maximum Gasteiger partial charge on any atom is 0.375 e. The van der Waals surface area contributed by atoms with Gasteiger partial charge in [0.1, 0.15) is 22.4 Å². The monoisotopic (exact) mass is 954 g/mol. The van der Waals surface area contributed by atoms with Crippen molar-refractivity contribution in [2.45, 2.75) is 104 Å². The summed E-state index contributed by atoms with van der Waals surface area (Å²) in [5.74, 6) is 0. The summed E-state index contributed by atoms with van der Waals surface area (Å²) in [5.41, 5.74) is 20.5. The van der Waals surface area contributed by atoms with Gasteiger partial charge in [-0.05, 0) is 128 Å². The molecule has 0 bridgehead atoms. The molecule has 0 radical (unpaired) electrons. The minimum atomic E-state index is -0.351. The summed E-state index contributed by atoms with van der Waals surface area (Å²) < 4.78 is 17.5. The first-order valence-electron chi connectivity index (χ1n) is 25.9. The van der Waals surface area contributed by atoms with E-state index in [4.69, 9.17) is 8.83 Å². The van der Waals surface area contributed by atoms with Gasteiger partial charge in [-0.2, -0.15) is 0 Å². The molecule has 0 spiro atoms. The fourth-order valence-electron chi connectivity index (χ4n) is 12.8. The third-order valence-electron chi connectivity index (χ3n) is 16.8. The molecule has 5 heterocycles. The van der Waals surface area contributed by atoms with Crippen molar-refractivity contribution in [1.82, 2.24) is 0 Å². The van der Waals surface area contributed by atoms with Gasteiger partial charge in [-0.3, -0.25) is 0 Å². The van der Waals surface area contributed by atoms with Gasteiger partial charge in [-0.25, -0.2) is 0 Å². The zero-order valence-electron chi connectivity index (χ0n) is 43.0. The van der Waals surface area contributed by atoms with Gasteiger partial charge in [-0.1, -0.05) is 160 Å². The Balaban J connectivity index is 1.20. The second kappa shape index (κ2) is 14.8. The summed E-state index contributed by atoms with van der Waals surface area (Å²) in [4.78, 5) is 5.24. The lowest BCUT2D eigenvalue weighted by atomic mass is 9.45. The molecule has 0 unspecified atom stereocenters. The van der Waals surface area contributed by atoms with Crippen molar-refractivity contribution in [3.8, 4) is 22.3 Å². The smallest absolute Gasteiger partial charge is 0.375 e. The Bertz CT molecular complexity index is 4080. The molecular formula is C66H59BN2O2S. The van der Waals surface area contributed by atoms with E-state index in [9.17, 15) is 0 Å². The first-order valence-corrected chi connectivity index (χ1v) is 26.7. The van der Waals surface area contributed by atoms with Crippen molar-refractivity contribution in [3.05, 3.63) is 174 Å². The summed E-state index contributed by atoms with van der Waals surface area (Å²) in [5, 5.41) is 5.94. The summed E-state index contributed by atoms with van der Waals surface area (Å²) in [6, 6.07) is 57.3. The van der Waals surface area contributed by atoms with E-state index in [2.05, 4.69) is 231 Å². The van der Waals surface area contributed by atoms with Crippen molar-refractivity contribution in [1.29, 1.82) is 0 Å². The van der Waals surface area contributed by atoms with Crippen LogP contribution in [0.15, 0.2) is 160 Å². The van der Waals surface area contributed by atoms with Gasteiger partial charge in [0.25, 0.3) is 0 Å². The number of benzene rings is 8. The predicted octanol–water partition coefficient (Wildman–Crippen LogP) is 18.0. The molecule has 0 atom stereocenters. The molecule has 2 aliphatic heterocycles. The maximum absolute atomic E-state index is 7.85. The maximum atomic E-state index is 7.85. The first kappa shape index (κ1) is 43.7. The van der Waals surface area contributed by atoms with Crippen molar-refractivity contribution >= 4 is 111 Å². The van der Waals surface area contributed by atoms with Gasteiger partial charge >= 0.3 is 6.85 Å². The van der Waals surface area contributed by atoms with Crippen LogP contribution in [-0.2, 0) is 21.7 Å². The predicted molar refractivity (Wildman–Crippen MR) is 308 cm³/mol. The number of hydrogen-bond acceptors (Lipinski definition) is 5. The van der Waals surface area contributed by atoms with E-state index < -0.39 is 0 Å². The van der Waals surface area contributed by atoms with Gasteiger partial charge < -0.3 is 18.5 Å². The number of fused-ring (bicyclic) bond motifs is 15. The Morgan fingerprint density at radius 2 is 1.18 bits per heavy atom. The SMILES string of the molecule is CC(C)(C)c1ccc(N2B3c4oc5cc6c(cc5c4N(c4ccc(C(C)(C)C)cc4-c4ccccc4)c4cc5oc7ccccc7c5c(c43)-c3ccc4sc5ccccc5c4c32)C(C)(C)CCC6(C)C)cc1. The lowest BCUT2D eigenvalue weighted by Crippen LogP contribution is -2.61. The molecule has 4 nitrogen and oxygen atoms in total. The van der Waals surface area contributed by atoms with Crippen LogP contribution in [0.3, 0.4) is 0 Å². The van der Waals surface area contributed by atoms with Crippen LogP contribution in [0, 0.1) is 0 Å². The van der Waals surface area contributed by atoms with E-state index in [1.807, 2.05) is 11.3 Å². The number of nitrogens with zero attached hydrogens (tertiary/aromatic N) is 2. The Morgan fingerprint density at radius 1 is 0.514 bits per heavy atom. The van der Waals surface area contributed by atoms with Gasteiger partial charge in [0.05, 0.1) is 11.4 Å². The lowest BCUT2D eigenvalue weighted by Gasteiger charge is -2.44. The minimum absolute atomic E-state index is 0.00676. The van der Waals surface area contributed by atoms with Gasteiger partial charge in [0, 0.05) is 70.6 Å². The topological polar surface area (TPSA) is 32.8 Å². The van der Waals surface area contributed by atoms with Crippen LogP contribution in [0.5, 0.6) is 0 Å². The van der Waals surface area contributed by atoms with E-state index in [1.165, 1.54) is 75.8 Å². The second-order valence-corrected chi connectivity index (χ2v) is 25.4. The zero-order valence-corrected chi connectivity index (χ0v) is 43.9. The number of thiophene rings is 1. The Labute approximate surface area is 427 Å². The third-order valence-corrected chi connectivity index (χ3v) is 18.0. The van der Waals surface area contributed by atoms with Gasteiger partial charge in [-0.15, -0.1) is 11.3 Å². The number of rotatable bonds is 3. The van der Waals surface area contributed by atoms with Crippen LogP contribution in [0.4, 0.5) is 28.4 Å². The van der Waals surface area contributed by atoms with Crippen LogP contribution in [0.2, 0.25) is 0 Å². The zero-order chi connectivity index (χ0) is 49.4. The van der Waals surface area contributed by atoms with Crippen molar-refractivity contribution in [2.75, 3.05) is 9.71 Å². The Hall–Kier alpha value is -7.02. The van der Waals surface area contributed by atoms with Crippen molar-refractivity contribution in [2.24, 2.45) is 0 Å². The quantitative estimate of drug-likeness (QED) is 0.165. The third kappa shape index (κ3) is 6.17. The molecule has 6 heteroatoms. The lowest BCUT2D eigenvalue weighted by molar-refractivity contribution is 0.332. The van der Waals surface area contributed by atoms with Crippen molar-refractivity contribution < 1.29 is 8.83 Å². The molecule has 0 saturated carbocycles. The first-order chi connectivity index (χ1) is 34.5. The second-order valence-electron chi connectivity index (χ2n) is 24.3. The van der Waals surface area contributed by atoms with Gasteiger partial charge in [0.2, 0.25) is 0 Å². The van der Waals surface area contributed by atoms with Crippen LogP contribution >= 0.6 is 11.3 Å². The highest BCUT2D eigenvalue weighted by Crippen LogP contribution is 2.57. The van der Waals surface area contributed by atoms with Crippen LogP contribution in [0.1, 0.15) is 104 Å². The molecule has 0 amide bonds. The summed E-state index contributed by atoms with van der Waals surface area (Å²) in [7, 11) is 0. The van der Waals surface area contributed by atoms with Crippen molar-refractivity contribution in [3.63, 3.8) is 0 Å². The molecule has 354 valence electrons. The number of hydrogen-bond donors (Lipinski definition) is 0. The standard InChI is InChI=1S/C66H59BN2O2S/c1-63(2,3)39-24-27-41(28-25-39)69-60-44(29-31-55-57(60)43-21-15-17-23-54(43)72-55)58-56-42-20-14-16-22-51(42)70-53(56)37-50-59(58)67(69)62-61(46-35-47-48(36-52(46)71-62)66(9,10)33-32-65(47,7)8)68(50)49-30-26-40(64(4,5)6)34-45(49)38-18-12-11-13-19-38/h11-31,34-37H,32-33H2,1-10H3. The molecule has 11 aromatic rings. The normalized spacial score (nSPS) is 15.9. The number of furan rings is 2. The largest absolute Gasteiger partial charge is 0.466 e. The summed E-state index contributed by atoms with van der Waals surface area (Å²) in [6.07, 6.45) is 2.24. The van der Waals surface area contributed by atoms with E-state index in [1.54, 1.807) is 0 Å². The number of para-hydroxylation sites is 1. The Morgan fingerprint density at radius 3 is 1.92 bits per heavy atom. The average molecular weight is 955 g/mol. The van der Waals surface area contributed by atoms with E-state index in [-0.39, 0.29) is 28.5 Å².